The zero-order chi connectivity index (χ0) is 26.3. The van der Waals surface area contributed by atoms with Crippen LogP contribution in [0.15, 0.2) is 60.7 Å². The monoisotopic (exact) mass is 507 g/mol. The predicted octanol–water partition coefficient (Wildman–Crippen LogP) is 3.08. The third kappa shape index (κ3) is 5.86. The van der Waals surface area contributed by atoms with Crippen LogP contribution in [0.2, 0.25) is 0 Å². The normalized spacial score (nSPS) is 18.6. The number of amides is 2. The van der Waals surface area contributed by atoms with E-state index in [1.165, 1.54) is 7.11 Å². The summed E-state index contributed by atoms with van der Waals surface area (Å²) in [5, 5.41) is 0. The molecule has 198 valence electrons. The number of anilines is 1. The van der Waals surface area contributed by atoms with Crippen molar-refractivity contribution in [3.8, 4) is 0 Å². The minimum absolute atomic E-state index is 0.103. The molecule has 2 saturated heterocycles. The van der Waals surface area contributed by atoms with Gasteiger partial charge in [-0.2, -0.15) is 0 Å². The highest BCUT2D eigenvalue weighted by molar-refractivity contribution is 6.02. The molecule has 2 aliphatic heterocycles. The first-order chi connectivity index (χ1) is 18.0. The molecule has 1 unspecified atom stereocenters. The number of esters is 1. The first-order valence-electron chi connectivity index (χ1n) is 13.1. The highest BCUT2D eigenvalue weighted by Crippen LogP contribution is 2.36. The maximum absolute atomic E-state index is 13.6. The van der Waals surface area contributed by atoms with Gasteiger partial charge in [-0.25, -0.2) is 4.79 Å². The van der Waals surface area contributed by atoms with Gasteiger partial charge in [-0.05, 0) is 30.5 Å². The first kappa shape index (κ1) is 26.8. The number of methoxy groups -OCH3 is 1. The smallest absolute Gasteiger partial charge is 0.332 e. The molecule has 0 aliphatic carbocycles. The number of likely N-dealkylation sites (tertiary alicyclic amines) is 1. The largest absolute Gasteiger partial charge is 0.467 e. The molecule has 2 aromatic carbocycles. The summed E-state index contributed by atoms with van der Waals surface area (Å²) in [4.78, 5) is 45.8. The van der Waals surface area contributed by atoms with E-state index in [2.05, 4.69) is 4.90 Å². The Morgan fingerprint density at radius 1 is 0.946 bits per heavy atom. The highest BCUT2D eigenvalue weighted by atomic mass is 16.5. The van der Waals surface area contributed by atoms with Crippen LogP contribution in [0.25, 0.3) is 0 Å². The average Bonchev–Trinajstić information content (AvgIpc) is 2.97. The maximum Gasteiger partial charge on any atom is 0.332 e. The Labute approximate surface area is 219 Å². The van der Waals surface area contributed by atoms with Gasteiger partial charge in [0.25, 0.3) is 0 Å². The third-order valence-corrected chi connectivity index (χ3v) is 7.51. The van der Waals surface area contributed by atoms with Crippen LogP contribution in [-0.4, -0.2) is 86.2 Å². The van der Waals surface area contributed by atoms with Crippen LogP contribution >= 0.6 is 0 Å². The molecule has 2 aromatic rings. The minimum atomic E-state index is -1.09. The lowest BCUT2D eigenvalue weighted by molar-refractivity contribution is -0.151. The lowest BCUT2D eigenvalue weighted by Gasteiger charge is -2.47. The highest BCUT2D eigenvalue weighted by Gasteiger charge is 2.50. The first-order valence-corrected chi connectivity index (χ1v) is 13.1. The van der Waals surface area contributed by atoms with Crippen LogP contribution in [0.4, 0.5) is 5.69 Å². The molecule has 0 aromatic heterocycles. The fourth-order valence-corrected chi connectivity index (χ4v) is 5.45. The summed E-state index contributed by atoms with van der Waals surface area (Å²) in [6.07, 6.45) is 1.13. The number of benzene rings is 2. The number of hydrogen-bond acceptors (Lipinski definition) is 6. The molecule has 1 atom stereocenters. The van der Waals surface area contributed by atoms with Crippen molar-refractivity contribution in [1.82, 2.24) is 9.80 Å². The van der Waals surface area contributed by atoms with E-state index in [1.807, 2.05) is 65.6 Å². The summed E-state index contributed by atoms with van der Waals surface area (Å²) in [6.45, 7) is 5.78. The summed E-state index contributed by atoms with van der Waals surface area (Å²) in [7, 11) is 1.38. The maximum atomic E-state index is 13.6. The molecule has 8 heteroatoms. The second kappa shape index (κ2) is 12.3. The lowest BCUT2D eigenvalue weighted by atomic mass is 9.83. The molecule has 0 bridgehead atoms. The zero-order valence-electron chi connectivity index (χ0n) is 21.8. The van der Waals surface area contributed by atoms with E-state index >= 15 is 0 Å². The van der Waals surface area contributed by atoms with Crippen molar-refractivity contribution >= 4 is 23.5 Å². The molecule has 37 heavy (non-hydrogen) atoms. The van der Waals surface area contributed by atoms with Crippen molar-refractivity contribution in [3.63, 3.8) is 0 Å². The van der Waals surface area contributed by atoms with Gasteiger partial charge in [0.2, 0.25) is 11.8 Å². The molecule has 0 radical (unpaired) electrons. The predicted molar refractivity (Wildman–Crippen MR) is 141 cm³/mol. The number of hydrogen-bond donors (Lipinski definition) is 0. The number of carbonyl (C=O) groups excluding carboxylic acids is 3. The summed E-state index contributed by atoms with van der Waals surface area (Å²) in [5.74, 6) is -0.727. The van der Waals surface area contributed by atoms with Gasteiger partial charge >= 0.3 is 5.97 Å². The Hall–Kier alpha value is -3.23. The van der Waals surface area contributed by atoms with Gasteiger partial charge in [0.15, 0.2) is 0 Å². The van der Waals surface area contributed by atoms with Crippen molar-refractivity contribution in [2.45, 2.75) is 37.6 Å². The number of nitrogens with zero attached hydrogens (tertiary/aromatic N) is 3. The zero-order valence-corrected chi connectivity index (χ0v) is 21.8. The standard InChI is InChI=1S/C29H37N3O5/c1-3-26(33)32(24-12-8-5-9-13-24)29(28(35)36-2)14-16-30(17-15-29)22-25(23-10-6-4-7-11-23)27(34)31-18-20-37-21-19-31/h4-13,25H,3,14-22H2,1-2H3. The summed E-state index contributed by atoms with van der Waals surface area (Å²) < 4.78 is 10.7. The number of para-hydroxylation sites is 1. The summed E-state index contributed by atoms with van der Waals surface area (Å²) in [6, 6.07) is 19.2. The number of carbonyl (C=O) groups is 3. The van der Waals surface area contributed by atoms with Crippen LogP contribution in [0.5, 0.6) is 0 Å². The molecular formula is C29H37N3O5. The fraction of sp³-hybridized carbons (Fsp3) is 0.483. The van der Waals surface area contributed by atoms with Gasteiger partial charge in [-0.15, -0.1) is 0 Å². The quantitative estimate of drug-likeness (QED) is 0.511. The van der Waals surface area contributed by atoms with Crippen LogP contribution in [0.1, 0.15) is 37.7 Å². The molecule has 0 spiro atoms. The van der Waals surface area contributed by atoms with Crippen molar-refractivity contribution < 1.29 is 23.9 Å². The van der Waals surface area contributed by atoms with Crippen molar-refractivity contribution in [2.75, 3.05) is 57.9 Å². The average molecular weight is 508 g/mol. The second-order valence-corrected chi connectivity index (χ2v) is 9.64. The van der Waals surface area contributed by atoms with Crippen molar-refractivity contribution in [3.05, 3.63) is 66.2 Å². The Morgan fingerprint density at radius 3 is 2.11 bits per heavy atom. The Morgan fingerprint density at radius 2 is 1.54 bits per heavy atom. The topological polar surface area (TPSA) is 79.4 Å². The van der Waals surface area contributed by atoms with Crippen LogP contribution in [-0.2, 0) is 23.9 Å². The van der Waals surface area contributed by atoms with Gasteiger partial charge in [-0.1, -0.05) is 55.5 Å². The molecule has 2 aliphatic rings. The van der Waals surface area contributed by atoms with E-state index in [4.69, 9.17) is 9.47 Å². The van der Waals surface area contributed by atoms with E-state index in [-0.39, 0.29) is 24.2 Å². The third-order valence-electron chi connectivity index (χ3n) is 7.51. The van der Waals surface area contributed by atoms with Gasteiger partial charge in [0.05, 0.1) is 26.2 Å². The molecular weight excluding hydrogens is 470 g/mol. The Bertz CT molecular complexity index is 1050. The summed E-state index contributed by atoms with van der Waals surface area (Å²) in [5.41, 5.74) is 0.588. The van der Waals surface area contributed by atoms with E-state index in [0.29, 0.717) is 64.5 Å². The van der Waals surface area contributed by atoms with Gasteiger partial charge in [-0.3, -0.25) is 14.5 Å². The molecule has 8 nitrogen and oxygen atoms in total. The Kier molecular flexibility index (Phi) is 8.95. The van der Waals surface area contributed by atoms with E-state index in [0.717, 1.165) is 5.56 Å². The van der Waals surface area contributed by atoms with Crippen LogP contribution in [0.3, 0.4) is 0 Å². The molecule has 0 saturated carbocycles. The van der Waals surface area contributed by atoms with Gasteiger partial charge < -0.3 is 19.3 Å². The van der Waals surface area contributed by atoms with Crippen molar-refractivity contribution in [2.24, 2.45) is 0 Å². The fourth-order valence-electron chi connectivity index (χ4n) is 5.45. The SMILES string of the molecule is CCC(=O)N(c1ccccc1)C1(C(=O)OC)CCN(CC(C(=O)N2CCOCC2)c2ccccc2)CC1. The number of rotatable bonds is 8. The van der Waals surface area contributed by atoms with E-state index in [9.17, 15) is 14.4 Å². The molecule has 2 amide bonds. The van der Waals surface area contributed by atoms with E-state index in [1.54, 1.807) is 11.8 Å². The second-order valence-electron chi connectivity index (χ2n) is 9.64. The number of morpholine rings is 1. The van der Waals surface area contributed by atoms with E-state index < -0.39 is 11.5 Å². The summed E-state index contributed by atoms with van der Waals surface area (Å²) >= 11 is 0. The molecule has 4 rings (SSSR count). The molecule has 2 fully saturated rings. The molecule has 2 heterocycles. The van der Waals surface area contributed by atoms with Gasteiger partial charge in [0.1, 0.15) is 5.54 Å². The number of piperidine rings is 1. The lowest BCUT2D eigenvalue weighted by Crippen LogP contribution is -2.63. The Balaban J connectivity index is 1.57. The number of ether oxygens (including phenoxy) is 2. The van der Waals surface area contributed by atoms with Crippen LogP contribution < -0.4 is 4.90 Å². The van der Waals surface area contributed by atoms with Crippen LogP contribution in [0, 0.1) is 0 Å². The molecule has 0 N–H and O–H groups in total. The minimum Gasteiger partial charge on any atom is -0.467 e. The van der Waals surface area contributed by atoms with Gasteiger partial charge in [0, 0.05) is 44.8 Å². The van der Waals surface area contributed by atoms with Crippen molar-refractivity contribution in [1.29, 1.82) is 0 Å².